The fourth-order valence-corrected chi connectivity index (χ4v) is 5.94. The summed E-state index contributed by atoms with van der Waals surface area (Å²) in [7, 11) is -9.72. The van der Waals surface area contributed by atoms with Gasteiger partial charge in [-0.1, -0.05) is 6.08 Å². The van der Waals surface area contributed by atoms with Gasteiger partial charge in [-0.05, 0) is 121 Å². The first-order valence-corrected chi connectivity index (χ1v) is 15.1. The average Bonchev–Trinajstić information content (AvgIpc) is 2.86. The lowest BCUT2D eigenvalue weighted by Crippen LogP contribution is -2.14. The molecule has 4 rings (SSSR count). The zero-order valence-corrected chi connectivity index (χ0v) is 24.3. The fraction of sp³-hybridized carbons (Fsp3) is 0.138. The molecule has 0 fully saturated rings. The van der Waals surface area contributed by atoms with Gasteiger partial charge in [0.15, 0.2) is 0 Å². The Morgan fingerprint density at radius 3 is 1.66 bits per heavy atom. The monoisotopic (exact) mass is 595 g/mol. The number of anilines is 2. The summed E-state index contributed by atoms with van der Waals surface area (Å²) in [5.41, 5.74) is 18.7. The zero-order valence-electron chi connectivity index (χ0n) is 22.7. The maximum atomic E-state index is 12.6. The third-order valence-corrected chi connectivity index (χ3v) is 8.52. The first-order chi connectivity index (χ1) is 19.0. The summed E-state index contributed by atoms with van der Waals surface area (Å²) in [6.45, 7) is 7.44. The predicted octanol–water partition coefficient (Wildman–Crippen LogP) is 4.95. The van der Waals surface area contributed by atoms with Gasteiger partial charge >= 0.3 is 0 Å². The Kier molecular flexibility index (Phi) is 7.71. The molecule has 1 aliphatic rings. The van der Waals surface area contributed by atoms with Crippen LogP contribution in [0.25, 0.3) is 5.57 Å². The second kappa shape index (κ2) is 10.6. The van der Waals surface area contributed by atoms with Crippen LogP contribution in [0.5, 0.6) is 5.75 Å². The van der Waals surface area contributed by atoms with Crippen molar-refractivity contribution in [1.29, 1.82) is 0 Å². The van der Waals surface area contributed by atoms with E-state index >= 15 is 0 Å². The number of nitrogen functional groups attached to an aromatic ring is 2. The van der Waals surface area contributed by atoms with Crippen molar-refractivity contribution in [2.75, 3.05) is 11.5 Å². The molecule has 0 saturated carbocycles. The summed E-state index contributed by atoms with van der Waals surface area (Å²) in [6, 6.07) is 10.5. The quantitative estimate of drug-likeness (QED) is 0.200. The summed E-state index contributed by atoms with van der Waals surface area (Å²) in [5.74, 6) is -0.454. The third-order valence-electron chi connectivity index (χ3n) is 6.75. The number of phenols is 1. The Hall–Kier alpha value is -4.23. The lowest BCUT2D eigenvalue weighted by atomic mass is 9.87. The number of aliphatic imine (C=N–C) groups is 1. The van der Waals surface area contributed by atoms with Gasteiger partial charge in [0.1, 0.15) is 15.6 Å². The van der Waals surface area contributed by atoms with E-state index in [0.29, 0.717) is 22.5 Å². The lowest BCUT2D eigenvalue weighted by molar-refractivity contribution is 0.466. The highest BCUT2D eigenvalue weighted by molar-refractivity contribution is 7.91. The van der Waals surface area contributed by atoms with E-state index < -0.39 is 35.8 Å². The van der Waals surface area contributed by atoms with Crippen molar-refractivity contribution in [2.24, 2.45) is 4.99 Å². The molecular weight excluding hydrogens is 566 g/mol. The molecule has 3 aromatic rings. The van der Waals surface area contributed by atoms with Gasteiger partial charge in [0.2, 0.25) is 0 Å². The number of allylic oxidation sites excluding steroid dienone is 5. The number of hydrogen-bond donors (Lipinski definition) is 5. The topological polar surface area (TPSA) is 193 Å². The van der Waals surface area contributed by atoms with Gasteiger partial charge in [0.05, 0.1) is 11.4 Å². The fourth-order valence-electron chi connectivity index (χ4n) is 4.64. The van der Waals surface area contributed by atoms with Gasteiger partial charge in [-0.15, -0.1) is 0 Å². The standard InChI is InChI=1S/C29H29N3O7S2/c1-15-9-20(10-16(2)28(15)30)27(21-11-17(3)29(31)18(4)12-21)19-5-7-23(25(13-19)40(34,35)36)32-24-8-6-22(33)14-26(24)41(37,38)39/h5-14,33H,30-31H2,1-4H3,(H,34,35,36)(H,37,38,39). The molecule has 0 atom stereocenters. The molecule has 0 unspecified atom stereocenters. The first-order valence-electron chi connectivity index (χ1n) is 12.2. The highest BCUT2D eigenvalue weighted by atomic mass is 32.2. The summed E-state index contributed by atoms with van der Waals surface area (Å²) in [4.78, 5) is 2.77. The summed E-state index contributed by atoms with van der Waals surface area (Å²) in [5, 5.41) is 9.71. The number of nitrogens with zero attached hydrogens (tertiary/aromatic N) is 1. The van der Waals surface area contributed by atoms with Crippen LogP contribution < -0.4 is 11.5 Å². The number of aromatic hydroxyl groups is 1. The van der Waals surface area contributed by atoms with Crippen molar-refractivity contribution in [3.05, 3.63) is 105 Å². The number of phenolic OH excluding ortho intramolecular Hbond substituents is 1. The summed E-state index contributed by atoms with van der Waals surface area (Å²) < 4.78 is 68.7. The molecule has 0 spiro atoms. The summed E-state index contributed by atoms with van der Waals surface area (Å²) in [6.07, 6.45) is 4.13. The van der Waals surface area contributed by atoms with E-state index in [0.717, 1.165) is 51.6 Å². The largest absolute Gasteiger partial charge is 0.508 e. The minimum absolute atomic E-state index is 0.291. The van der Waals surface area contributed by atoms with Crippen LogP contribution in [0.1, 0.15) is 33.4 Å². The van der Waals surface area contributed by atoms with Crippen LogP contribution in [0.4, 0.5) is 17.1 Å². The Morgan fingerprint density at radius 1 is 0.732 bits per heavy atom. The average molecular weight is 596 g/mol. The second-order valence-electron chi connectivity index (χ2n) is 9.82. The van der Waals surface area contributed by atoms with Crippen molar-refractivity contribution >= 4 is 48.6 Å². The maximum absolute atomic E-state index is 12.6. The SMILES string of the molecule is Cc1cc(C(=C2C=CC(=Nc3ccc(O)cc3S(=O)(=O)O)C(S(=O)(=O)O)=C2)c2cc(C)c(N)c(C)c2)cc(C)c1N. The van der Waals surface area contributed by atoms with E-state index in [-0.39, 0.29) is 11.4 Å². The maximum Gasteiger partial charge on any atom is 0.296 e. The van der Waals surface area contributed by atoms with Gasteiger partial charge in [0.25, 0.3) is 20.2 Å². The zero-order chi connectivity index (χ0) is 30.4. The van der Waals surface area contributed by atoms with Gasteiger partial charge in [-0.2, -0.15) is 16.8 Å². The molecule has 0 bridgehead atoms. The summed E-state index contributed by atoms with van der Waals surface area (Å²) >= 11 is 0. The second-order valence-corrected chi connectivity index (χ2v) is 12.6. The molecule has 0 radical (unpaired) electrons. The molecule has 41 heavy (non-hydrogen) atoms. The van der Waals surface area contributed by atoms with Gasteiger partial charge in [0, 0.05) is 17.4 Å². The van der Waals surface area contributed by atoms with E-state index in [2.05, 4.69) is 4.99 Å². The van der Waals surface area contributed by atoms with Crippen molar-refractivity contribution < 1.29 is 31.0 Å². The minimum atomic E-state index is -4.88. The normalized spacial score (nSPS) is 14.8. The van der Waals surface area contributed by atoms with Crippen LogP contribution >= 0.6 is 0 Å². The van der Waals surface area contributed by atoms with Gasteiger partial charge < -0.3 is 16.6 Å². The van der Waals surface area contributed by atoms with Crippen LogP contribution in [0.3, 0.4) is 0 Å². The lowest BCUT2D eigenvalue weighted by Gasteiger charge is -2.20. The van der Waals surface area contributed by atoms with Crippen molar-refractivity contribution in [2.45, 2.75) is 32.6 Å². The van der Waals surface area contributed by atoms with E-state index in [4.69, 9.17) is 11.5 Å². The van der Waals surface area contributed by atoms with Crippen LogP contribution in [0.2, 0.25) is 0 Å². The predicted molar refractivity (Wildman–Crippen MR) is 160 cm³/mol. The van der Waals surface area contributed by atoms with Crippen LogP contribution in [0.15, 0.2) is 81.1 Å². The van der Waals surface area contributed by atoms with Crippen LogP contribution in [0, 0.1) is 27.7 Å². The van der Waals surface area contributed by atoms with Crippen molar-refractivity contribution in [3.8, 4) is 5.75 Å². The number of hydrogen-bond acceptors (Lipinski definition) is 8. The van der Waals surface area contributed by atoms with Crippen LogP contribution in [-0.2, 0) is 20.2 Å². The van der Waals surface area contributed by atoms with E-state index in [1.54, 1.807) is 6.08 Å². The Balaban J connectivity index is 2.05. The first kappa shape index (κ1) is 29.7. The number of nitrogens with two attached hydrogens (primary N) is 2. The third kappa shape index (κ3) is 6.10. The Morgan fingerprint density at radius 2 is 1.22 bits per heavy atom. The molecule has 1 aliphatic carbocycles. The van der Waals surface area contributed by atoms with Gasteiger partial charge in [-0.3, -0.25) is 9.11 Å². The molecule has 0 saturated heterocycles. The smallest absolute Gasteiger partial charge is 0.296 e. The molecule has 7 N–H and O–H groups in total. The van der Waals surface area contributed by atoms with E-state index in [9.17, 15) is 31.0 Å². The Bertz CT molecular complexity index is 1850. The number of benzene rings is 3. The van der Waals surface area contributed by atoms with Gasteiger partial charge in [-0.25, -0.2) is 4.99 Å². The van der Waals surface area contributed by atoms with Crippen molar-refractivity contribution in [1.82, 2.24) is 0 Å². The molecule has 0 aliphatic heterocycles. The highest BCUT2D eigenvalue weighted by Crippen LogP contribution is 2.37. The minimum Gasteiger partial charge on any atom is -0.508 e. The number of aryl methyl sites for hydroxylation is 4. The highest BCUT2D eigenvalue weighted by Gasteiger charge is 2.26. The molecule has 0 amide bonds. The number of rotatable bonds is 5. The van der Waals surface area contributed by atoms with E-state index in [1.165, 1.54) is 12.2 Å². The van der Waals surface area contributed by atoms with Crippen LogP contribution in [-0.4, -0.2) is 36.8 Å². The van der Waals surface area contributed by atoms with E-state index in [1.807, 2.05) is 52.0 Å². The van der Waals surface area contributed by atoms with Crippen molar-refractivity contribution in [3.63, 3.8) is 0 Å². The molecule has 0 aromatic heterocycles. The molecule has 3 aromatic carbocycles. The molecule has 12 heteroatoms. The molecule has 10 nitrogen and oxygen atoms in total. The molecule has 0 heterocycles. The molecule has 214 valence electrons. The molecular formula is C29H29N3O7S2. The Labute approximate surface area is 238 Å².